The minimum Gasteiger partial charge on any atom is -0.390 e. The highest BCUT2D eigenvalue weighted by Crippen LogP contribution is 2.24. The van der Waals surface area contributed by atoms with Gasteiger partial charge in [0.1, 0.15) is 0 Å². The molecule has 0 saturated carbocycles. The Morgan fingerprint density at radius 3 is 2.75 bits per heavy atom. The van der Waals surface area contributed by atoms with Gasteiger partial charge in [0.2, 0.25) is 0 Å². The van der Waals surface area contributed by atoms with E-state index < -0.39 is 5.60 Å². The van der Waals surface area contributed by atoms with Crippen molar-refractivity contribution in [2.24, 2.45) is 0 Å². The van der Waals surface area contributed by atoms with Crippen LogP contribution < -0.4 is 0 Å². The largest absolute Gasteiger partial charge is 0.390 e. The molecule has 12 heavy (non-hydrogen) atoms. The quantitative estimate of drug-likeness (QED) is 0.803. The van der Waals surface area contributed by atoms with Crippen LogP contribution in [0.1, 0.15) is 25.8 Å². The van der Waals surface area contributed by atoms with Crippen molar-refractivity contribution >= 4 is 22.9 Å². The number of thiophene rings is 1. The van der Waals surface area contributed by atoms with E-state index in [2.05, 4.69) is 0 Å². The normalized spacial score (nSPS) is 16.0. The van der Waals surface area contributed by atoms with Gasteiger partial charge in [-0.15, -0.1) is 11.3 Å². The average Bonchev–Trinajstić information content (AvgIpc) is 2.35. The van der Waals surface area contributed by atoms with Crippen LogP contribution in [-0.2, 0) is 6.42 Å². The summed E-state index contributed by atoms with van der Waals surface area (Å²) in [5.74, 6) is 0. The molecule has 68 valence electrons. The lowest BCUT2D eigenvalue weighted by molar-refractivity contribution is 0.0565. The zero-order chi connectivity index (χ0) is 9.19. The van der Waals surface area contributed by atoms with E-state index in [9.17, 15) is 5.11 Å². The summed E-state index contributed by atoms with van der Waals surface area (Å²) in [5.41, 5.74) is 0.529. The predicted octanol–water partition coefficient (Wildman–Crippen LogP) is 3.11. The Morgan fingerprint density at radius 1 is 1.67 bits per heavy atom. The molecule has 0 aliphatic rings. The Labute approximate surface area is 82.0 Å². The smallest absolute Gasteiger partial charge is 0.0931 e. The second kappa shape index (κ2) is 3.77. The summed E-state index contributed by atoms with van der Waals surface area (Å²) in [6, 6.07) is 1.91. The summed E-state index contributed by atoms with van der Waals surface area (Å²) in [6.45, 7) is 3.83. The Morgan fingerprint density at radius 2 is 2.33 bits per heavy atom. The first kappa shape index (κ1) is 10.0. The summed E-state index contributed by atoms with van der Waals surface area (Å²) in [4.78, 5) is 0. The Hall–Kier alpha value is -0.0500. The van der Waals surface area contributed by atoms with Crippen LogP contribution in [0.4, 0.5) is 0 Å². The summed E-state index contributed by atoms with van der Waals surface area (Å²) < 4.78 is 0.789. The second-order valence-electron chi connectivity index (χ2n) is 3.29. The van der Waals surface area contributed by atoms with Crippen LogP contribution in [-0.4, -0.2) is 10.7 Å². The van der Waals surface area contributed by atoms with Crippen LogP contribution in [0.5, 0.6) is 0 Å². The van der Waals surface area contributed by atoms with Crippen molar-refractivity contribution in [3.8, 4) is 0 Å². The van der Waals surface area contributed by atoms with Gasteiger partial charge in [-0.3, -0.25) is 0 Å². The molecule has 0 aromatic carbocycles. The zero-order valence-corrected chi connectivity index (χ0v) is 8.87. The molecule has 1 heterocycles. The molecule has 0 radical (unpaired) electrons. The molecular weight excluding hydrogens is 192 g/mol. The SMILES string of the molecule is CCC(C)(O)Cc1csc(Cl)c1. The third kappa shape index (κ3) is 2.77. The molecule has 0 fully saturated rings. The van der Waals surface area contributed by atoms with Crippen LogP contribution in [0.3, 0.4) is 0 Å². The maximum absolute atomic E-state index is 9.75. The standard InChI is InChI=1S/C9H13ClOS/c1-3-9(2,11)5-7-4-8(10)12-6-7/h4,6,11H,3,5H2,1-2H3. The Kier molecular flexibility index (Phi) is 3.16. The highest BCUT2D eigenvalue weighted by atomic mass is 35.5. The van der Waals surface area contributed by atoms with Gasteiger partial charge in [0.25, 0.3) is 0 Å². The molecule has 0 aliphatic carbocycles. The molecule has 1 N–H and O–H groups in total. The monoisotopic (exact) mass is 204 g/mol. The van der Waals surface area contributed by atoms with Crippen LogP contribution in [0.2, 0.25) is 4.34 Å². The number of hydrogen-bond donors (Lipinski definition) is 1. The second-order valence-corrected chi connectivity index (χ2v) is 4.83. The van der Waals surface area contributed by atoms with Crippen LogP contribution in [0.15, 0.2) is 11.4 Å². The minimum atomic E-state index is -0.593. The molecule has 0 amide bonds. The van der Waals surface area contributed by atoms with E-state index in [1.165, 1.54) is 11.3 Å². The van der Waals surface area contributed by atoms with E-state index in [4.69, 9.17) is 11.6 Å². The van der Waals surface area contributed by atoms with Crippen LogP contribution >= 0.6 is 22.9 Å². The maximum atomic E-state index is 9.75. The van der Waals surface area contributed by atoms with Gasteiger partial charge in [-0.25, -0.2) is 0 Å². The van der Waals surface area contributed by atoms with E-state index in [0.29, 0.717) is 6.42 Å². The molecule has 1 aromatic heterocycles. The molecule has 0 aliphatic heterocycles. The molecule has 1 atom stereocenters. The van der Waals surface area contributed by atoms with Crippen LogP contribution in [0, 0.1) is 0 Å². The molecule has 1 aromatic rings. The molecular formula is C9H13ClOS. The summed E-state index contributed by atoms with van der Waals surface area (Å²) in [6.07, 6.45) is 1.45. The highest BCUT2D eigenvalue weighted by Gasteiger charge is 2.18. The van der Waals surface area contributed by atoms with E-state index >= 15 is 0 Å². The van der Waals surface area contributed by atoms with Gasteiger partial charge in [-0.2, -0.15) is 0 Å². The van der Waals surface area contributed by atoms with E-state index in [-0.39, 0.29) is 0 Å². The van der Waals surface area contributed by atoms with Gasteiger partial charge >= 0.3 is 0 Å². The Bertz CT molecular complexity index is 255. The molecule has 1 rings (SSSR count). The molecule has 0 bridgehead atoms. The van der Waals surface area contributed by atoms with E-state index in [1.807, 2.05) is 25.3 Å². The summed E-state index contributed by atoms with van der Waals surface area (Å²) >= 11 is 7.28. The topological polar surface area (TPSA) is 20.2 Å². The van der Waals surface area contributed by atoms with E-state index in [1.54, 1.807) is 0 Å². The maximum Gasteiger partial charge on any atom is 0.0931 e. The minimum absolute atomic E-state index is 0.593. The van der Waals surface area contributed by atoms with Crippen molar-refractivity contribution in [1.29, 1.82) is 0 Å². The summed E-state index contributed by atoms with van der Waals surface area (Å²) in [7, 11) is 0. The molecule has 1 nitrogen and oxygen atoms in total. The van der Waals surface area contributed by atoms with Crippen molar-refractivity contribution in [2.45, 2.75) is 32.3 Å². The summed E-state index contributed by atoms with van der Waals surface area (Å²) in [5, 5.41) is 11.7. The van der Waals surface area contributed by atoms with Crippen molar-refractivity contribution in [1.82, 2.24) is 0 Å². The zero-order valence-electron chi connectivity index (χ0n) is 7.30. The van der Waals surface area contributed by atoms with Gasteiger partial charge < -0.3 is 5.11 Å². The number of halogens is 1. The first-order valence-electron chi connectivity index (χ1n) is 3.99. The van der Waals surface area contributed by atoms with Crippen molar-refractivity contribution in [2.75, 3.05) is 0 Å². The van der Waals surface area contributed by atoms with Crippen molar-refractivity contribution in [3.63, 3.8) is 0 Å². The lowest BCUT2D eigenvalue weighted by Gasteiger charge is -2.19. The van der Waals surface area contributed by atoms with Gasteiger partial charge in [-0.05, 0) is 30.4 Å². The predicted molar refractivity (Wildman–Crippen MR) is 53.9 cm³/mol. The third-order valence-corrected chi connectivity index (χ3v) is 3.11. The molecule has 3 heteroatoms. The first-order chi connectivity index (χ1) is 5.53. The fourth-order valence-electron chi connectivity index (χ4n) is 1.00. The van der Waals surface area contributed by atoms with Gasteiger partial charge in [0.15, 0.2) is 0 Å². The van der Waals surface area contributed by atoms with Gasteiger partial charge in [-0.1, -0.05) is 18.5 Å². The van der Waals surface area contributed by atoms with Crippen molar-refractivity contribution in [3.05, 3.63) is 21.3 Å². The number of aliphatic hydroxyl groups is 1. The average molecular weight is 205 g/mol. The highest BCUT2D eigenvalue weighted by molar-refractivity contribution is 7.14. The fourth-order valence-corrected chi connectivity index (χ4v) is 1.91. The number of rotatable bonds is 3. The fraction of sp³-hybridized carbons (Fsp3) is 0.556. The van der Waals surface area contributed by atoms with Crippen molar-refractivity contribution < 1.29 is 5.11 Å². The molecule has 0 saturated heterocycles. The Balaban J connectivity index is 2.63. The van der Waals surface area contributed by atoms with Gasteiger partial charge in [0.05, 0.1) is 9.94 Å². The van der Waals surface area contributed by atoms with Gasteiger partial charge in [0, 0.05) is 6.42 Å². The molecule has 1 unspecified atom stereocenters. The lowest BCUT2D eigenvalue weighted by atomic mass is 9.96. The molecule has 0 spiro atoms. The van der Waals surface area contributed by atoms with Crippen LogP contribution in [0.25, 0.3) is 0 Å². The lowest BCUT2D eigenvalue weighted by Crippen LogP contribution is -2.25. The third-order valence-electron chi connectivity index (χ3n) is 1.97. The first-order valence-corrected chi connectivity index (χ1v) is 5.24. The number of hydrogen-bond acceptors (Lipinski definition) is 2. The van der Waals surface area contributed by atoms with E-state index in [0.717, 1.165) is 16.3 Å².